The topological polar surface area (TPSA) is 49.9 Å². The smallest absolute Gasteiger partial charge is 0.265 e. The number of hydrogen-bond acceptors (Lipinski definition) is 4. The molecule has 0 bridgehead atoms. The molecule has 0 atom stereocenters. The summed E-state index contributed by atoms with van der Waals surface area (Å²) in [5, 5.41) is 1.83. The fraction of sp³-hybridized carbons (Fsp3) is 0.500. The van der Waals surface area contributed by atoms with Gasteiger partial charge in [-0.3, -0.25) is 9.59 Å². The third-order valence-electron chi connectivity index (χ3n) is 2.49. The van der Waals surface area contributed by atoms with Crippen molar-refractivity contribution >= 4 is 39.1 Å². The molecule has 0 saturated heterocycles. The molecule has 0 spiro atoms. The van der Waals surface area contributed by atoms with E-state index in [1.165, 1.54) is 21.1 Å². The lowest BCUT2D eigenvalue weighted by molar-refractivity contribution is -0.129. The number of halogens is 1. The zero-order chi connectivity index (χ0) is 14.4. The minimum Gasteiger partial charge on any atom is -0.383 e. The van der Waals surface area contributed by atoms with E-state index in [0.717, 1.165) is 4.47 Å². The molecule has 0 fully saturated rings. The van der Waals surface area contributed by atoms with Crippen LogP contribution in [0.3, 0.4) is 0 Å². The molecule has 0 aromatic carbocycles. The normalized spacial score (nSPS) is 10.3. The molecule has 0 saturated carbocycles. The molecule has 1 aromatic rings. The van der Waals surface area contributed by atoms with Gasteiger partial charge in [0.25, 0.3) is 5.91 Å². The van der Waals surface area contributed by atoms with E-state index in [1.54, 1.807) is 21.2 Å². The van der Waals surface area contributed by atoms with E-state index in [1.807, 2.05) is 11.4 Å². The molecule has 0 aliphatic carbocycles. The molecule has 0 radical (unpaired) electrons. The Bertz CT molecular complexity index is 448. The van der Waals surface area contributed by atoms with Crippen molar-refractivity contribution in [2.75, 3.05) is 40.9 Å². The molecular weight excluding hydrogens is 332 g/mol. The van der Waals surface area contributed by atoms with E-state index in [4.69, 9.17) is 4.74 Å². The second-order valence-electron chi connectivity index (χ2n) is 4.11. The maximum absolute atomic E-state index is 12.4. The monoisotopic (exact) mass is 348 g/mol. The van der Waals surface area contributed by atoms with Crippen molar-refractivity contribution < 1.29 is 14.3 Å². The van der Waals surface area contributed by atoms with Crippen LogP contribution in [-0.2, 0) is 9.53 Å². The summed E-state index contributed by atoms with van der Waals surface area (Å²) < 4.78 is 5.74. The Labute approximate surface area is 125 Å². The molecule has 5 nitrogen and oxygen atoms in total. The molecule has 1 heterocycles. The predicted molar refractivity (Wildman–Crippen MR) is 78.5 cm³/mol. The highest BCUT2D eigenvalue weighted by Crippen LogP contribution is 2.24. The van der Waals surface area contributed by atoms with Gasteiger partial charge in [-0.2, -0.15) is 0 Å². The minimum atomic E-state index is -0.158. The van der Waals surface area contributed by atoms with Crippen molar-refractivity contribution in [1.29, 1.82) is 0 Å². The van der Waals surface area contributed by atoms with Gasteiger partial charge in [-0.25, -0.2) is 0 Å². The number of methoxy groups -OCH3 is 1. The molecule has 0 aliphatic heterocycles. The van der Waals surface area contributed by atoms with E-state index in [9.17, 15) is 9.59 Å². The lowest BCUT2D eigenvalue weighted by Crippen LogP contribution is -2.41. The van der Waals surface area contributed by atoms with Crippen LogP contribution >= 0.6 is 27.3 Å². The van der Waals surface area contributed by atoms with Gasteiger partial charge in [-0.15, -0.1) is 11.3 Å². The summed E-state index contributed by atoms with van der Waals surface area (Å²) in [6.45, 7) is 0.841. The van der Waals surface area contributed by atoms with Crippen molar-refractivity contribution in [3.8, 4) is 0 Å². The van der Waals surface area contributed by atoms with E-state index in [2.05, 4.69) is 15.9 Å². The third kappa shape index (κ3) is 4.59. The van der Waals surface area contributed by atoms with Crippen molar-refractivity contribution in [2.45, 2.75) is 0 Å². The van der Waals surface area contributed by atoms with Gasteiger partial charge in [0.2, 0.25) is 5.91 Å². The van der Waals surface area contributed by atoms with Crippen molar-refractivity contribution in [3.05, 3.63) is 20.8 Å². The molecule has 1 aromatic heterocycles. The average molecular weight is 349 g/mol. The maximum Gasteiger partial charge on any atom is 0.265 e. The first-order valence-corrected chi connectivity index (χ1v) is 7.36. The second-order valence-corrected chi connectivity index (χ2v) is 5.88. The summed E-state index contributed by atoms with van der Waals surface area (Å²) >= 11 is 4.69. The molecule has 7 heteroatoms. The van der Waals surface area contributed by atoms with Crippen molar-refractivity contribution in [3.63, 3.8) is 0 Å². The molecular formula is C12H17BrN2O3S. The number of thiophene rings is 1. The highest BCUT2D eigenvalue weighted by atomic mass is 79.9. The van der Waals surface area contributed by atoms with Gasteiger partial charge in [-0.1, -0.05) is 0 Å². The average Bonchev–Trinajstić information content (AvgIpc) is 2.79. The summed E-state index contributed by atoms with van der Waals surface area (Å²) in [7, 11) is 4.90. The fourth-order valence-electron chi connectivity index (χ4n) is 1.35. The highest BCUT2D eigenvalue weighted by molar-refractivity contribution is 9.10. The first-order chi connectivity index (χ1) is 8.97. The SMILES string of the molecule is COCCN(CC(=O)N(C)C)C(=O)c1sccc1Br. The Morgan fingerprint density at radius 3 is 2.58 bits per heavy atom. The summed E-state index contributed by atoms with van der Waals surface area (Å²) in [4.78, 5) is 27.7. The van der Waals surface area contributed by atoms with Crippen molar-refractivity contribution in [2.24, 2.45) is 0 Å². The summed E-state index contributed by atoms with van der Waals surface area (Å²) in [6.07, 6.45) is 0. The Hall–Kier alpha value is -0.920. The van der Waals surface area contributed by atoms with Crippen LogP contribution in [-0.4, -0.2) is 62.5 Å². The Balaban J connectivity index is 2.81. The largest absolute Gasteiger partial charge is 0.383 e. The summed E-state index contributed by atoms with van der Waals surface area (Å²) in [6, 6.07) is 1.82. The third-order valence-corrected chi connectivity index (χ3v) is 4.31. The van der Waals surface area contributed by atoms with Gasteiger partial charge < -0.3 is 14.5 Å². The van der Waals surface area contributed by atoms with Crippen LogP contribution in [0.1, 0.15) is 9.67 Å². The standard InChI is InChI=1S/C12H17BrN2O3S/c1-14(2)10(16)8-15(5-6-18-3)12(17)11-9(13)4-7-19-11/h4,7H,5-6,8H2,1-3H3. The van der Waals surface area contributed by atoms with Crippen LogP contribution in [0.2, 0.25) is 0 Å². The number of rotatable bonds is 6. The molecule has 19 heavy (non-hydrogen) atoms. The molecule has 0 N–H and O–H groups in total. The fourth-order valence-corrected chi connectivity index (χ4v) is 2.86. The number of hydrogen-bond donors (Lipinski definition) is 0. The van der Waals surface area contributed by atoms with Crippen LogP contribution in [0, 0.1) is 0 Å². The van der Waals surface area contributed by atoms with E-state index < -0.39 is 0 Å². The zero-order valence-corrected chi connectivity index (χ0v) is 13.6. The van der Waals surface area contributed by atoms with Gasteiger partial charge >= 0.3 is 0 Å². The predicted octanol–water partition coefficient (Wildman–Crippen LogP) is 1.69. The van der Waals surface area contributed by atoms with Crippen LogP contribution in [0.5, 0.6) is 0 Å². The zero-order valence-electron chi connectivity index (χ0n) is 11.2. The van der Waals surface area contributed by atoms with Crippen LogP contribution in [0.25, 0.3) is 0 Å². The number of amides is 2. The number of carbonyl (C=O) groups is 2. The quantitative estimate of drug-likeness (QED) is 0.785. The summed E-state index contributed by atoms with van der Waals surface area (Å²) in [5.41, 5.74) is 0. The molecule has 2 amide bonds. The molecule has 1 rings (SSSR count). The Morgan fingerprint density at radius 1 is 1.42 bits per heavy atom. The maximum atomic E-state index is 12.4. The minimum absolute atomic E-state index is 0.0551. The van der Waals surface area contributed by atoms with Crippen LogP contribution < -0.4 is 0 Å². The summed E-state index contributed by atoms with van der Waals surface area (Å²) in [5.74, 6) is -0.272. The highest BCUT2D eigenvalue weighted by Gasteiger charge is 2.22. The Morgan fingerprint density at radius 2 is 2.11 bits per heavy atom. The molecule has 0 unspecified atom stereocenters. The van der Waals surface area contributed by atoms with Gasteiger partial charge in [0.05, 0.1) is 6.61 Å². The first-order valence-electron chi connectivity index (χ1n) is 5.68. The first kappa shape index (κ1) is 16.1. The molecule has 0 aliphatic rings. The number of nitrogens with zero attached hydrogens (tertiary/aromatic N) is 2. The van der Waals surface area contributed by atoms with E-state index in [-0.39, 0.29) is 18.4 Å². The van der Waals surface area contributed by atoms with Crippen LogP contribution in [0.15, 0.2) is 15.9 Å². The van der Waals surface area contributed by atoms with Gasteiger partial charge in [-0.05, 0) is 27.4 Å². The second kappa shape index (κ2) is 7.62. The van der Waals surface area contributed by atoms with Gasteiger partial charge in [0.1, 0.15) is 11.4 Å². The lowest BCUT2D eigenvalue weighted by atomic mass is 10.3. The lowest BCUT2D eigenvalue weighted by Gasteiger charge is -2.23. The van der Waals surface area contributed by atoms with Crippen LogP contribution in [0.4, 0.5) is 0 Å². The van der Waals surface area contributed by atoms with Gasteiger partial charge in [0.15, 0.2) is 0 Å². The van der Waals surface area contributed by atoms with E-state index >= 15 is 0 Å². The number of likely N-dealkylation sites (N-methyl/N-ethyl adjacent to an activating group) is 1. The van der Waals surface area contributed by atoms with E-state index in [0.29, 0.717) is 18.0 Å². The van der Waals surface area contributed by atoms with Crippen molar-refractivity contribution in [1.82, 2.24) is 9.80 Å². The van der Waals surface area contributed by atoms with Gasteiger partial charge in [0, 0.05) is 32.2 Å². The molecule has 106 valence electrons. The number of ether oxygens (including phenoxy) is 1. The Kier molecular flexibility index (Phi) is 6.47. The number of carbonyl (C=O) groups excluding carboxylic acids is 2.